The van der Waals surface area contributed by atoms with E-state index in [1.165, 1.54) is 11.8 Å². The van der Waals surface area contributed by atoms with Gasteiger partial charge >= 0.3 is 0 Å². The van der Waals surface area contributed by atoms with Crippen molar-refractivity contribution >= 4 is 10.0 Å². The summed E-state index contributed by atoms with van der Waals surface area (Å²) < 4.78 is 31.4. The van der Waals surface area contributed by atoms with Gasteiger partial charge < -0.3 is 4.74 Å². The summed E-state index contributed by atoms with van der Waals surface area (Å²) in [7, 11) is -3.24. The summed E-state index contributed by atoms with van der Waals surface area (Å²) in [5.74, 6) is 0. The van der Waals surface area contributed by atoms with Crippen LogP contribution in [-0.4, -0.2) is 50.4 Å². The van der Waals surface area contributed by atoms with E-state index in [1.807, 2.05) is 25.1 Å². The van der Waals surface area contributed by atoms with Crippen LogP contribution < -0.4 is 4.72 Å². The average molecular weight is 326 g/mol. The van der Waals surface area contributed by atoms with Gasteiger partial charge in [0.25, 0.3) is 0 Å². The van der Waals surface area contributed by atoms with E-state index in [0.29, 0.717) is 6.61 Å². The summed E-state index contributed by atoms with van der Waals surface area (Å²) in [4.78, 5) is 2.36. The smallest absolute Gasteiger partial charge is 0.208 e. The molecule has 0 radical (unpaired) electrons. The Bertz CT molecular complexity index is 601. The molecule has 0 spiro atoms. The Morgan fingerprint density at radius 3 is 2.45 bits per heavy atom. The summed E-state index contributed by atoms with van der Waals surface area (Å²) in [5, 5.41) is 0. The number of morpholine rings is 1. The predicted octanol–water partition coefficient (Wildman–Crippen LogP) is 1.61. The molecule has 1 heterocycles. The van der Waals surface area contributed by atoms with Gasteiger partial charge in [0.1, 0.15) is 0 Å². The largest absolute Gasteiger partial charge is 0.371 e. The monoisotopic (exact) mass is 326 g/mol. The van der Waals surface area contributed by atoms with Gasteiger partial charge in [-0.2, -0.15) is 0 Å². The lowest BCUT2D eigenvalue weighted by molar-refractivity contribution is -0.175. The van der Waals surface area contributed by atoms with Gasteiger partial charge in [-0.15, -0.1) is 0 Å². The Hall–Kier alpha value is -0.950. The second-order valence-corrected chi connectivity index (χ2v) is 8.47. The molecule has 1 N–H and O–H groups in total. The minimum absolute atomic E-state index is 0.268. The molecule has 0 bridgehead atoms. The van der Waals surface area contributed by atoms with Crippen molar-refractivity contribution in [3.05, 3.63) is 35.9 Å². The van der Waals surface area contributed by atoms with Crippen molar-refractivity contribution in [3.8, 4) is 0 Å². The summed E-state index contributed by atoms with van der Waals surface area (Å²) >= 11 is 0. The van der Waals surface area contributed by atoms with Crippen molar-refractivity contribution in [2.75, 3.05) is 26.0 Å². The summed E-state index contributed by atoms with van der Waals surface area (Å²) in [6.07, 6.45) is 1.17. The Labute approximate surface area is 133 Å². The number of rotatable bonds is 5. The molecule has 0 aromatic heterocycles. The van der Waals surface area contributed by atoms with E-state index < -0.39 is 15.6 Å². The fourth-order valence-corrected chi connectivity index (χ4v) is 3.33. The molecule has 0 aliphatic carbocycles. The zero-order valence-corrected chi connectivity index (χ0v) is 14.6. The highest BCUT2D eigenvalue weighted by Gasteiger charge is 2.49. The van der Waals surface area contributed by atoms with Crippen LogP contribution in [0.2, 0.25) is 0 Å². The van der Waals surface area contributed by atoms with Crippen molar-refractivity contribution < 1.29 is 13.2 Å². The molecule has 5 nitrogen and oxygen atoms in total. The van der Waals surface area contributed by atoms with Gasteiger partial charge in [-0.25, -0.2) is 13.1 Å². The summed E-state index contributed by atoms with van der Waals surface area (Å²) in [5.41, 5.74) is 0.373. The lowest BCUT2D eigenvalue weighted by atomic mass is 9.80. The molecule has 1 aliphatic heterocycles. The molecule has 1 aromatic carbocycles. The maximum absolute atomic E-state index is 11.4. The van der Waals surface area contributed by atoms with Gasteiger partial charge in [0.05, 0.1) is 18.5 Å². The van der Waals surface area contributed by atoms with Crippen LogP contribution in [0.3, 0.4) is 0 Å². The molecule has 0 amide bonds. The number of sulfonamides is 1. The Kier molecular flexibility index (Phi) is 4.96. The first-order valence-corrected chi connectivity index (χ1v) is 9.41. The van der Waals surface area contributed by atoms with E-state index in [9.17, 15) is 8.42 Å². The molecule has 1 fully saturated rings. The molecule has 1 saturated heterocycles. The topological polar surface area (TPSA) is 58.6 Å². The number of benzene rings is 1. The fourth-order valence-electron chi connectivity index (χ4n) is 2.79. The predicted molar refractivity (Wildman–Crippen MR) is 88.1 cm³/mol. The lowest BCUT2D eigenvalue weighted by Crippen LogP contribution is -2.68. The van der Waals surface area contributed by atoms with Gasteiger partial charge in [-0.3, -0.25) is 4.90 Å². The van der Waals surface area contributed by atoms with Gasteiger partial charge in [-0.05, 0) is 26.3 Å². The fraction of sp³-hybridized carbons (Fsp3) is 0.625. The van der Waals surface area contributed by atoms with E-state index in [1.54, 1.807) is 0 Å². The third-order valence-electron chi connectivity index (χ3n) is 4.75. The zero-order chi connectivity index (χ0) is 16.4. The van der Waals surface area contributed by atoms with E-state index in [4.69, 9.17) is 4.74 Å². The van der Waals surface area contributed by atoms with Crippen LogP contribution in [0.1, 0.15) is 26.3 Å². The number of hydrogen-bond acceptors (Lipinski definition) is 4. The summed E-state index contributed by atoms with van der Waals surface area (Å²) in [6, 6.07) is 10.3. The highest BCUT2D eigenvalue weighted by Crippen LogP contribution is 2.35. The second-order valence-electron chi connectivity index (χ2n) is 6.64. The van der Waals surface area contributed by atoms with E-state index in [0.717, 1.165) is 13.1 Å². The lowest BCUT2D eigenvalue weighted by Gasteiger charge is -2.54. The normalized spacial score (nSPS) is 26.0. The first-order chi connectivity index (χ1) is 10.1. The number of nitrogens with one attached hydrogen (secondary N) is 1. The van der Waals surface area contributed by atoms with Gasteiger partial charge in [0, 0.05) is 25.2 Å². The zero-order valence-electron chi connectivity index (χ0n) is 13.8. The molecule has 22 heavy (non-hydrogen) atoms. The minimum atomic E-state index is -3.24. The number of ether oxygens (including phenoxy) is 1. The van der Waals surface area contributed by atoms with Gasteiger partial charge in [-0.1, -0.05) is 30.3 Å². The van der Waals surface area contributed by atoms with Crippen molar-refractivity contribution in [3.63, 3.8) is 0 Å². The molecular formula is C16H26N2O3S. The van der Waals surface area contributed by atoms with Crippen molar-refractivity contribution in [2.24, 2.45) is 0 Å². The molecule has 1 atom stereocenters. The average Bonchev–Trinajstić information content (AvgIpc) is 2.43. The van der Waals surface area contributed by atoms with Crippen molar-refractivity contribution in [1.29, 1.82) is 0 Å². The highest BCUT2D eigenvalue weighted by molar-refractivity contribution is 7.88. The van der Waals surface area contributed by atoms with Crippen LogP contribution in [0, 0.1) is 0 Å². The third-order valence-corrected chi connectivity index (χ3v) is 5.42. The van der Waals surface area contributed by atoms with Crippen LogP contribution in [0.15, 0.2) is 30.3 Å². The standard InChI is InChI=1S/C16H26N2O3S/c1-15(2)16(3,13-17-22(4,19)20)21-11-10-18(15)12-14-8-6-5-7-9-14/h5-9,17H,10-13H2,1-4H3. The molecule has 2 rings (SSSR count). The SMILES string of the molecule is CC1(CNS(C)(=O)=O)OCCN(Cc2ccccc2)C1(C)C. The van der Waals surface area contributed by atoms with Crippen LogP contribution in [0.4, 0.5) is 0 Å². The molecule has 1 aromatic rings. The first-order valence-electron chi connectivity index (χ1n) is 7.52. The minimum Gasteiger partial charge on any atom is -0.371 e. The van der Waals surface area contributed by atoms with Gasteiger partial charge in [0.2, 0.25) is 10.0 Å². The Morgan fingerprint density at radius 1 is 1.23 bits per heavy atom. The molecule has 6 heteroatoms. The first kappa shape index (κ1) is 17.4. The van der Waals surface area contributed by atoms with Crippen LogP contribution >= 0.6 is 0 Å². The third kappa shape index (κ3) is 3.87. The summed E-state index contributed by atoms with van der Waals surface area (Å²) in [6.45, 7) is 8.71. The molecule has 1 aliphatic rings. The maximum Gasteiger partial charge on any atom is 0.208 e. The van der Waals surface area contributed by atoms with Crippen LogP contribution in [-0.2, 0) is 21.3 Å². The van der Waals surface area contributed by atoms with E-state index in [-0.39, 0.29) is 12.1 Å². The molecule has 0 saturated carbocycles. The number of nitrogens with zero attached hydrogens (tertiary/aromatic N) is 1. The molecule has 124 valence electrons. The van der Waals surface area contributed by atoms with Crippen molar-refractivity contribution in [1.82, 2.24) is 9.62 Å². The van der Waals surface area contributed by atoms with E-state index >= 15 is 0 Å². The number of hydrogen-bond donors (Lipinski definition) is 1. The molecule has 1 unspecified atom stereocenters. The Balaban J connectivity index is 2.16. The molecular weight excluding hydrogens is 300 g/mol. The quantitative estimate of drug-likeness (QED) is 0.893. The van der Waals surface area contributed by atoms with E-state index in [2.05, 4.69) is 35.6 Å². The van der Waals surface area contributed by atoms with Crippen LogP contribution in [0.25, 0.3) is 0 Å². The Morgan fingerprint density at radius 2 is 1.86 bits per heavy atom. The van der Waals surface area contributed by atoms with Gasteiger partial charge in [0.15, 0.2) is 0 Å². The van der Waals surface area contributed by atoms with Crippen molar-refractivity contribution in [2.45, 2.75) is 38.5 Å². The van der Waals surface area contributed by atoms with Crippen LogP contribution in [0.5, 0.6) is 0 Å². The maximum atomic E-state index is 11.4. The second kappa shape index (κ2) is 6.28. The highest BCUT2D eigenvalue weighted by atomic mass is 32.2.